The maximum absolute atomic E-state index is 14.4. The number of carbonyl (C=O) groups is 5. The van der Waals surface area contributed by atoms with Crippen molar-refractivity contribution in [3.63, 3.8) is 0 Å². The zero-order chi connectivity index (χ0) is 33.8. The van der Waals surface area contributed by atoms with Gasteiger partial charge in [-0.2, -0.15) is 0 Å². The Balaban J connectivity index is 1.75. The zero-order valence-electron chi connectivity index (χ0n) is 26.5. The number of ketones is 2. The lowest BCUT2D eigenvalue weighted by Gasteiger charge is -2.29. The quantitative estimate of drug-likeness (QED) is 0.133. The number of aliphatic hydroxyl groups excluding tert-OH is 1. The first-order valence-corrected chi connectivity index (χ1v) is 15.5. The molecule has 0 radical (unpaired) electrons. The fourth-order valence-electron chi connectivity index (χ4n) is 5.47. The number of cyclic esters (lactones) is 1. The minimum atomic E-state index is -1.66. The molecular weight excluding hydrogens is 602 g/mol. The van der Waals surface area contributed by atoms with Crippen molar-refractivity contribution in [3.05, 3.63) is 113 Å². The molecule has 3 aromatic carbocycles. The summed E-state index contributed by atoms with van der Waals surface area (Å²) in [5.74, 6) is -4.02. The van der Waals surface area contributed by atoms with E-state index in [1.54, 1.807) is 72.8 Å². The minimum Gasteiger partial charge on any atom is -0.453 e. The van der Waals surface area contributed by atoms with Gasteiger partial charge in [-0.25, -0.2) is 9.69 Å². The largest absolute Gasteiger partial charge is 0.453 e. The lowest BCUT2D eigenvalue weighted by atomic mass is 9.87. The van der Waals surface area contributed by atoms with Crippen molar-refractivity contribution in [2.75, 3.05) is 26.4 Å². The van der Waals surface area contributed by atoms with Gasteiger partial charge in [0.05, 0.1) is 19.1 Å². The molecule has 0 bridgehead atoms. The third-order valence-corrected chi connectivity index (χ3v) is 7.69. The van der Waals surface area contributed by atoms with Crippen molar-refractivity contribution in [2.24, 2.45) is 5.92 Å². The van der Waals surface area contributed by atoms with Gasteiger partial charge in [-0.15, -0.1) is 0 Å². The topological polar surface area (TPSA) is 137 Å². The van der Waals surface area contributed by atoms with Crippen LogP contribution in [0.4, 0.5) is 4.79 Å². The van der Waals surface area contributed by atoms with Crippen molar-refractivity contribution < 1.29 is 43.3 Å². The number of rotatable bonds is 16. The molecule has 3 aromatic rings. The number of aliphatic hydroxyl groups is 1. The molecule has 246 valence electrons. The van der Waals surface area contributed by atoms with Crippen molar-refractivity contribution >= 4 is 35.1 Å². The second-order valence-electron chi connectivity index (χ2n) is 11.2. The molecule has 1 N–H and O–H groups in total. The number of hydrogen-bond acceptors (Lipinski definition) is 9. The summed E-state index contributed by atoms with van der Waals surface area (Å²) in [6.07, 6.45) is -1.06. The number of hydrogen-bond donors (Lipinski definition) is 1. The Morgan fingerprint density at radius 1 is 0.979 bits per heavy atom. The molecular formula is C37H39NO9. The average Bonchev–Trinajstić information content (AvgIpc) is 3.46. The number of allylic oxidation sites excluding steroid dienone is 1. The van der Waals surface area contributed by atoms with Gasteiger partial charge in [0.2, 0.25) is 5.91 Å². The normalized spacial score (nSPS) is 15.9. The van der Waals surface area contributed by atoms with E-state index in [4.69, 9.17) is 19.3 Å². The molecule has 0 aromatic heterocycles. The van der Waals surface area contributed by atoms with Crippen LogP contribution < -0.4 is 0 Å². The van der Waals surface area contributed by atoms with Gasteiger partial charge in [0.25, 0.3) is 0 Å². The molecule has 47 heavy (non-hydrogen) atoms. The average molecular weight is 642 g/mol. The molecule has 2 amide bonds. The van der Waals surface area contributed by atoms with Crippen LogP contribution in [0.1, 0.15) is 48.1 Å². The Bertz CT molecular complexity index is 1590. The summed E-state index contributed by atoms with van der Waals surface area (Å²) in [5, 5.41) is 8.96. The van der Waals surface area contributed by atoms with E-state index in [9.17, 15) is 24.0 Å². The second-order valence-corrected chi connectivity index (χ2v) is 11.2. The summed E-state index contributed by atoms with van der Waals surface area (Å²) < 4.78 is 16.2. The van der Waals surface area contributed by atoms with Crippen LogP contribution in [-0.2, 0) is 39.8 Å². The van der Waals surface area contributed by atoms with E-state index >= 15 is 0 Å². The maximum atomic E-state index is 14.4. The standard InChI is InChI=1S/C37H39NO9/c1-25-11-9-16-29(21-25)30(33(41)17-10-19-45-20-18-39)23-34(42)35(47-26(2)40)31(22-27-12-5-3-6-13-27)36(43)38-32(24-46-37(38)44)28-14-7-4-8-15-28/h3-9,11-16,21,23,31-32,35,39H,10,17-20,22,24H2,1-2H3/t31-,32-,35+/m0/s1. The number of imide groups is 1. The molecule has 0 aliphatic carbocycles. The van der Waals surface area contributed by atoms with E-state index in [2.05, 4.69) is 0 Å². The molecule has 1 saturated heterocycles. The molecule has 1 aliphatic rings. The van der Waals surface area contributed by atoms with Gasteiger partial charge in [-0.3, -0.25) is 19.2 Å². The number of nitrogens with zero attached hydrogens (tertiary/aromatic N) is 1. The first-order valence-electron chi connectivity index (χ1n) is 15.5. The summed E-state index contributed by atoms with van der Waals surface area (Å²) in [6, 6.07) is 24.1. The number of Topliss-reactive ketones (excluding diaryl/α,β-unsaturated/α-hetero) is 1. The van der Waals surface area contributed by atoms with Gasteiger partial charge in [0.1, 0.15) is 12.6 Å². The van der Waals surface area contributed by atoms with Crippen molar-refractivity contribution in [1.29, 1.82) is 0 Å². The molecule has 4 rings (SSSR count). The molecule has 0 saturated carbocycles. The van der Waals surface area contributed by atoms with Gasteiger partial charge >= 0.3 is 12.1 Å². The highest BCUT2D eigenvalue weighted by molar-refractivity contribution is 6.25. The van der Waals surface area contributed by atoms with Crippen LogP contribution in [0.2, 0.25) is 0 Å². The summed E-state index contributed by atoms with van der Waals surface area (Å²) in [6.45, 7) is 3.14. The number of benzene rings is 3. The van der Waals surface area contributed by atoms with Crippen LogP contribution >= 0.6 is 0 Å². The number of amides is 2. The second kappa shape index (κ2) is 17.1. The van der Waals surface area contributed by atoms with Crippen LogP contribution in [0.15, 0.2) is 91.0 Å². The monoisotopic (exact) mass is 641 g/mol. The lowest BCUT2D eigenvalue weighted by molar-refractivity contribution is -0.158. The number of carbonyl (C=O) groups excluding carboxylic acids is 5. The Hall–Kier alpha value is -4.93. The van der Waals surface area contributed by atoms with Crippen LogP contribution in [0.25, 0.3) is 5.57 Å². The molecule has 10 nitrogen and oxygen atoms in total. The molecule has 10 heteroatoms. The molecule has 1 fully saturated rings. The van der Waals surface area contributed by atoms with E-state index in [-0.39, 0.29) is 50.6 Å². The maximum Gasteiger partial charge on any atom is 0.417 e. The first kappa shape index (κ1) is 34.9. The highest BCUT2D eigenvalue weighted by atomic mass is 16.6. The van der Waals surface area contributed by atoms with Crippen molar-refractivity contribution in [3.8, 4) is 0 Å². The summed E-state index contributed by atoms with van der Waals surface area (Å²) in [7, 11) is 0. The number of aryl methyl sites for hydroxylation is 1. The minimum absolute atomic E-state index is 0.0431. The number of esters is 1. The van der Waals surface area contributed by atoms with Crippen LogP contribution in [0, 0.1) is 12.8 Å². The fourth-order valence-corrected chi connectivity index (χ4v) is 5.47. The van der Waals surface area contributed by atoms with Crippen LogP contribution in [0.3, 0.4) is 0 Å². The predicted molar refractivity (Wildman–Crippen MR) is 173 cm³/mol. The summed E-state index contributed by atoms with van der Waals surface area (Å²) in [5.41, 5.74) is 2.76. The van der Waals surface area contributed by atoms with Gasteiger partial charge in [0, 0.05) is 25.5 Å². The van der Waals surface area contributed by atoms with Crippen molar-refractivity contribution in [1.82, 2.24) is 4.90 Å². The van der Waals surface area contributed by atoms with Crippen LogP contribution in [-0.4, -0.2) is 72.1 Å². The summed E-state index contributed by atoms with van der Waals surface area (Å²) in [4.78, 5) is 68.6. The fraction of sp³-hybridized carbons (Fsp3) is 0.324. The third-order valence-electron chi connectivity index (χ3n) is 7.69. The molecule has 0 unspecified atom stereocenters. The number of ether oxygens (including phenoxy) is 3. The van der Waals surface area contributed by atoms with Gasteiger partial charge in [-0.05, 0) is 42.5 Å². The molecule has 0 spiro atoms. The third kappa shape index (κ3) is 9.54. The van der Waals surface area contributed by atoms with E-state index in [0.29, 0.717) is 23.1 Å². The molecule has 3 atom stereocenters. The van der Waals surface area contributed by atoms with Gasteiger partial charge in [0.15, 0.2) is 17.7 Å². The first-order chi connectivity index (χ1) is 22.7. The Morgan fingerprint density at radius 2 is 1.68 bits per heavy atom. The van der Waals surface area contributed by atoms with Gasteiger partial charge < -0.3 is 19.3 Å². The predicted octanol–water partition coefficient (Wildman–Crippen LogP) is 4.82. The lowest BCUT2D eigenvalue weighted by Crippen LogP contribution is -2.47. The highest BCUT2D eigenvalue weighted by Gasteiger charge is 2.46. The molecule has 1 heterocycles. The van der Waals surface area contributed by atoms with Crippen molar-refractivity contribution in [2.45, 2.75) is 45.3 Å². The Labute approximate surface area is 273 Å². The smallest absolute Gasteiger partial charge is 0.417 e. The Kier molecular flexibility index (Phi) is 12.7. The highest BCUT2D eigenvalue weighted by Crippen LogP contribution is 2.32. The van der Waals surface area contributed by atoms with E-state index in [0.717, 1.165) is 23.5 Å². The van der Waals surface area contributed by atoms with E-state index in [1.807, 2.05) is 19.1 Å². The SMILES string of the molecule is CC(=O)O[C@@H](C(=O)C=C(C(=O)CCCOCCO)c1cccc(C)c1)[C@H](Cc1ccccc1)C(=O)N1C(=O)OC[C@H]1c1ccccc1. The van der Waals surface area contributed by atoms with Crippen LogP contribution in [0.5, 0.6) is 0 Å². The molecule has 1 aliphatic heterocycles. The zero-order valence-corrected chi connectivity index (χ0v) is 26.5. The van der Waals surface area contributed by atoms with E-state index < -0.39 is 41.8 Å². The summed E-state index contributed by atoms with van der Waals surface area (Å²) >= 11 is 0. The van der Waals surface area contributed by atoms with Gasteiger partial charge in [-0.1, -0.05) is 90.5 Å². The Morgan fingerprint density at radius 3 is 2.34 bits per heavy atom. The van der Waals surface area contributed by atoms with E-state index in [1.165, 1.54) is 0 Å².